The average Bonchev–Trinajstić information content (AvgIpc) is 2.76. The van der Waals surface area contributed by atoms with Crippen molar-refractivity contribution in [2.75, 3.05) is 19.1 Å². The second kappa shape index (κ2) is 6.39. The third kappa shape index (κ3) is 4.31. The molecule has 2 rings (SSSR count). The van der Waals surface area contributed by atoms with E-state index in [2.05, 4.69) is 4.18 Å². The highest BCUT2D eigenvalue weighted by Crippen LogP contribution is 2.24. The van der Waals surface area contributed by atoms with Crippen molar-refractivity contribution in [2.45, 2.75) is 19.3 Å². The number of unbranched alkanes of at least 4 members (excludes halogenated alkanes) is 1. The molecule has 6 nitrogen and oxygen atoms in total. The van der Waals surface area contributed by atoms with Crippen LogP contribution in [0.15, 0.2) is 30.5 Å². The number of rotatable bonds is 7. The largest absolute Gasteiger partial charge is 0.270 e. The predicted molar refractivity (Wildman–Crippen MR) is 85.9 cm³/mol. The zero-order valence-electron chi connectivity index (χ0n) is 12.5. The van der Waals surface area contributed by atoms with E-state index in [4.69, 9.17) is 0 Å². The van der Waals surface area contributed by atoms with Gasteiger partial charge in [-0.25, -0.2) is 12.4 Å². The van der Waals surface area contributed by atoms with Crippen LogP contribution < -0.4 is 0 Å². The minimum Gasteiger partial charge on any atom is -0.270 e. The fourth-order valence-electron chi connectivity index (χ4n) is 2.32. The Labute approximate surface area is 130 Å². The van der Waals surface area contributed by atoms with Gasteiger partial charge in [0.05, 0.1) is 24.6 Å². The van der Waals surface area contributed by atoms with Crippen LogP contribution in [-0.4, -0.2) is 39.9 Å². The molecule has 22 heavy (non-hydrogen) atoms. The third-order valence-electron chi connectivity index (χ3n) is 3.26. The van der Waals surface area contributed by atoms with Gasteiger partial charge >= 0.3 is 0 Å². The highest BCUT2D eigenvalue weighted by molar-refractivity contribution is 7.89. The molecular formula is C14H19NO5S2. The van der Waals surface area contributed by atoms with Crippen LogP contribution in [-0.2, 0) is 30.7 Å². The van der Waals surface area contributed by atoms with Crippen molar-refractivity contribution < 1.29 is 21.0 Å². The molecule has 0 radical (unpaired) electrons. The quantitative estimate of drug-likeness (QED) is 0.564. The predicted octanol–water partition coefficient (Wildman–Crippen LogP) is 1.75. The molecule has 0 fully saturated rings. The molecule has 0 aliphatic carbocycles. The summed E-state index contributed by atoms with van der Waals surface area (Å²) in [6.45, 7) is 0.142. The molecule has 1 aromatic heterocycles. The van der Waals surface area contributed by atoms with Gasteiger partial charge in [-0.05, 0) is 30.9 Å². The summed E-state index contributed by atoms with van der Waals surface area (Å²) in [6, 6.07) is 7.32. The lowest BCUT2D eigenvalue weighted by molar-refractivity contribution is 0.312. The molecule has 0 aliphatic rings. The van der Waals surface area contributed by atoms with Crippen molar-refractivity contribution in [3.05, 3.63) is 36.0 Å². The van der Waals surface area contributed by atoms with Gasteiger partial charge in [-0.2, -0.15) is 8.42 Å². The van der Waals surface area contributed by atoms with Crippen LogP contribution in [0.1, 0.15) is 18.4 Å². The summed E-state index contributed by atoms with van der Waals surface area (Å²) in [5.41, 5.74) is 1.59. The van der Waals surface area contributed by atoms with Gasteiger partial charge in [0.2, 0.25) is 10.0 Å². The summed E-state index contributed by atoms with van der Waals surface area (Å²) in [7, 11) is -6.75. The number of aryl methyl sites for hydroxylation is 1. The van der Waals surface area contributed by atoms with E-state index in [1.165, 1.54) is 10.2 Å². The van der Waals surface area contributed by atoms with Crippen LogP contribution in [0.3, 0.4) is 0 Å². The van der Waals surface area contributed by atoms with Crippen molar-refractivity contribution in [1.82, 2.24) is 3.97 Å². The van der Waals surface area contributed by atoms with Crippen LogP contribution >= 0.6 is 0 Å². The Morgan fingerprint density at radius 2 is 1.73 bits per heavy atom. The zero-order valence-corrected chi connectivity index (χ0v) is 14.2. The summed E-state index contributed by atoms with van der Waals surface area (Å²) in [5.74, 6) is 0. The Morgan fingerprint density at radius 1 is 1.05 bits per heavy atom. The summed E-state index contributed by atoms with van der Waals surface area (Å²) < 4.78 is 51.3. The van der Waals surface area contributed by atoms with Crippen LogP contribution in [0.25, 0.3) is 10.9 Å². The van der Waals surface area contributed by atoms with Gasteiger partial charge in [0, 0.05) is 11.6 Å². The molecule has 8 heteroatoms. The maximum absolute atomic E-state index is 11.8. The number of nitrogens with zero attached hydrogens (tertiary/aromatic N) is 1. The standard InChI is InChI=1S/C14H19NO5S2/c1-21(16,17)15-11-12(13-8-3-4-9-14(13)15)7-5-6-10-20-22(2,18)19/h3-4,8-9,11H,5-7,10H2,1-2H3. The summed E-state index contributed by atoms with van der Waals surface area (Å²) in [4.78, 5) is 0. The van der Waals surface area contributed by atoms with Gasteiger partial charge in [0.25, 0.3) is 10.1 Å². The van der Waals surface area contributed by atoms with Crippen LogP contribution in [0.5, 0.6) is 0 Å². The number of hydrogen-bond acceptors (Lipinski definition) is 5. The SMILES string of the molecule is CS(=O)(=O)OCCCCc1cn(S(C)(=O)=O)c2ccccc12. The van der Waals surface area contributed by atoms with E-state index in [1.54, 1.807) is 18.3 Å². The molecule has 1 heterocycles. The summed E-state index contributed by atoms with van der Waals surface area (Å²) in [6.07, 6.45) is 5.79. The highest BCUT2D eigenvalue weighted by atomic mass is 32.2. The Hall–Kier alpha value is -1.38. The highest BCUT2D eigenvalue weighted by Gasteiger charge is 2.14. The minimum absolute atomic E-state index is 0.142. The molecule has 0 saturated carbocycles. The molecule has 0 saturated heterocycles. The molecule has 0 amide bonds. The lowest BCUT2D eigenvalue weighted by Gasteiger charge is -2.01. The van der Waals surface area contributed by atoms with Crippen molar-refractivity contribution >= 4 is 31.0 Å². The van der Waals surface area contributed by atoms with Crippen molar-refractivity contribution in [3.63, 3.8) is 0 Å². The number of benzene rings is 1. The molecule has 0 spiro atoms. The molecule has 0 unspecified atom stereocenters. The Kier molecular flexibility index (Phi) is 4.93. The molecule has 2 aromatic rings. The molecule has 0 atom stereocenters. The van der Waals surface area contributed by atoms with E-state index >= 15 is 0 Å². The summed E-state index contributed by atoms with van der Waals surface area (Å²) >= 11 is 0. The van der Waals surface area contributed by atoms with E-state index < -0.39 is 20.1 Å². The van der Waals surface area contributed by atoms with Gasteiger partial charge in [-0.1, -0.05) is 18.2 Å². The molecule has 0 aliphatic heterocycles. The van der Waals surface area contributed by atoms with Crippen LogP contribution in [0.4, 0.5) is 0 Å². The van der Waals surface area contributed by atoms with E-state index in [0.717, 1.165) is 17.2 Å². The number of fused-ring (bicyclic) bond motifs is 1. The topological polar surface area (TPSA) is 82.4 Å². The van der Waals surface area contributed by atoms with E-state index in [1.807, 2.05) is 12.1 Å². The third-order valence-corrected chi connectivity index (χ3v) is 4.87. The zero-order chi connectivity index (χ0) is 16.4. The van der Waals surface area contributed by atoms with E-state index in [9.17, 15) is 16.8 Å². The Bertz CT molecular complexity index is 866. The molecule has 122 valence electrons. The maximum Gasteiger partial charge on any atom is 0.264 e. The normalized spacial score (nSPS) is 12.8. The lowest BCUT2D eigenvalue weighted by Crippen LogP contribution is -2.08. The van der Waals surface area contributed by atoms with Gasteiger partial charge < -0.3 is 0 Å². The molecule has 1 aromatic carbocycles. The fraction of sp³-hybridized carbons (Fsp3) is 0.429. The second-order valence-corrected chi connectivity index (χ2v) is 8.72. The van der Waals surface area contributed by atoms with E-state index in [0.29, 0.717) is 24.8 Å². The van der Waals surface area contributed by atoms with Gasteiger partial charge in [0.1, 0.15) is 0 Å². The first-order valence-corrected chi connectivity index (χ1v) is 10.5. The van der Waals surface area contributed by atoms with E-state index in [-0.39, 0.29) is 6.61 Å². The molecule has 0 N–H and O–H groups in total. The molecular weight excluding hydrogens is 326 g/mol. The van der Waals surface area contributed by atoms with Crippen LogP contribution in [0.2, 0.25) is 0 Å². The average molecular weight is 345 g/mol. The Morgan fingerprint density at radius 3 is 2.36 bits per heavy atom. The van der Waals surface area contributed by atoms with Crippen molar-refractivity contribution in [1.29, 1.82) is 0 Å². The molecule has 0 bridgehead atoms. The smallest absolute Gasteiger partial charge is 0.264 e. The lowest BCUT2D eigenvalue weighted by atomic mass is 10.1. The Balaban J connectivity index is 2.12. The van der Waals surface area contributed by atoms with Crippen molar-refractivity contribution in [2.24, 2.45) is 0 Å². The first-order chi connectivity index (χ1) is 10.2. The first kappa shape index (κ1) is 17.0. The van der Waals surface area contributed by atoms with Gasteiger partial charge in [-0.3, -0.25) is 4.18 Å². The van der Waals surface area contributed by atoms with Gasteiger partial charge in [-0.15, -0.1) is 0 Å². The number of aromatic nitrogens is 1. The number of hydrogen-bond donors (Lipinski definition) is 0. The summed E-state index contributed by atoms with van der Waals surface area (Å²) in [5, 5.41) is 0.900. The fourth-order valence-corrected chi connectivity index (χ4v) is 3.58. The van der Waals surface area contributed by atoms with Gasteiger partial charge in [0.15, 0.2) is 0 Å². The number of para-hydroxylation sites is 1. The monoisotopic (exact) mass is 345 g/mol. The van der Waals surface area contributed by atoms with Crippen molar-refractivity contribution in [3.8, 4) is 0 Å². The van der Waals surface area contributed by atoms with Crippen LogP contribution in [0, 0.1) is 0 Å². The minimum atomic E-state index is -3.40. The first-order valence-electron chi connectivity index (χ1n) is 6.82. The maximum atomic E-state index is 11.8. The second-order valence-electron chi connectivity index (χ2n) is 5.21.